The number of phenolic OH excluding ortho intramolecular Hbond substituents is 1. The van der Waals surface area contributed by atoms with E-state index in [2.05, 4.69) is 13.2 Å². The zero-order valence-corrected chi connectivity index (χ0v) is 40.9. The second-order valence-electron chi connectivity index (χ2n) is 18.8. The third kappa shape index (κ3) is 14.9. The maximum Gasteiger partial charge on any atom is 0.330 e. The summed E-state index contributed by atoms with van der Waals surface area (Å²) in [6.45, 7) is 7.82. The Morgan fingerprint density at radius 1 is 0.536 bits per heavy atom. The highest BCUT2D eigenvalue weighted by atomic mass is 32.2. The van der Waals surface area contributed by atoms with Gasteiger partial charge in [-0.3, -0.25) is 19.2 Å². The van der Waals surface area contributed by atoms with E-state index in [1.807, 2.05) is 12.1 Å². The minimum atomic E-state index is -0.479. The van der Waals surface area contributed by atoms with Crippen molar-refractivity contribution in [2.45, 2.75) is 138 Å². The zero-order valence-electron chi connectivity index (χ0n) is 39.3. The van der Waals surface area contributed by atoms with Crippen LogP contribution in [0.15, 0.2) is 51.0 Å². The maximum atomic E-state index is 13.7. The van der Waals surface area contributed by atoms with Crippen molar-refractivity contribution in [3.8, 4) is 29.4 Å². The normalized spacial score (nSPS) is 25.3. The average molecular weight is 989 g/mol. The molecule has 15 nitrogen and oxygen atoms in total. The van der Waals surface area contributed by atoms with Gasteiger partial charge in [-0.15, -0.1) is 0 Å². The number of benzene rings is 1. The Labute approximate surface area is 413 Å². The predicted molar refractivity (Wildman–Crippen MR) is 254 cm³/mol. The summed E-state index contributed by atoms with van der Waals surface area (Å²) >= 11 is 2.10. The van der Waals surface area contributed by atoms with Crippen molar-refractivity contribution in [2.75, 3.05) is 26.4 Å². The molecule has 6 rings (SSSR count). The molecule has 0 amide bonds. The average Bonchev–Trinajstić information content (AvgIpc) is 3.82. The Bertz CT molecular complexity index is 2150. The molecule has 0 unspecified atom stereocenters. The van der Waals surface area contributed by atoms with Crippen molar-refractivity contribution in [3.63, 3.8) is 0 Å². The fourth-order valence-electron chi connectivity index (χ4n) is 10.5. The van der Waals surface area contributed by atoms with E-state index in [0.29, 0.717) is 95.7 Å². The smallest absolute Gasteiger partial charge is 0.330 e. The number of thioether (sulfide) groups is 2. The number of unbranched alkanes of at least 4 members (excludes halogenated alkanes) is 2. The van der Waals surface area contributed by atoms with Crippen molar-refractivity contribution >= 4 is 59.3 Å². The number of carbonyl (C=O) groups is 6. The van der Waals surface area contributed by atoms with Crippen LogP contribution in [0, 0.1) is 70.0 Å². The molecule has 1 aliphatic heterocycles. The summed E-state index contributed by atoms with van der Waals surface area (Å²) in [6, 6.07) is 5.09. The van der Waals surface area contributed by atoms with Gasteiger partial charge in [0.1, 0.15) is 23.5 Å². The molecule has 1 heterocycles. The van der Waals surface area contributed by atoms with Gasteiger partial charge in [0.2, 0.25) is 0 Å². The number of aromatic hydroxyl groups is 1. The molecule has 372 valence electrons. The monoisotopic (exact) mass is 988 g/mol. The van der Waals surface area contributed by atoms with Crippen LogP contribution in [0.3, 0.4) is 0 Å². The van der Waals surface area contributed by atoms with E-state index in [1.165, 1.54) is 6.07 Å². The Balaban J connectivity index is 0.953. The lowest BCUT2D eigenvalue weighted by Crippen LogP contribution is -2.32. The summed E-state index contributed by atoms with van der Waals surface area (Å²) in [5.41, 5.74) is -0.148. The third-order valence-electron chi connectivity index (χ3n) is 14.5. The number of ether oxygens (including phenoxy) is 6. The first-order valence-corrected chi connectivity index (χ1v) is 26.2. The zero-order chi connectivity index (χ0) is 49.3. The predicted octanol–water partition coefficient (Wildman–Crippen LogP) is 9.99. The van der Waals surface area contributed by atoms with Gasteiger partial charge in [-0.05, 0) is 152 Å². The molecule has 1 aromatic carbocycles. The van der Waals surface area contributed by atoms with Crippen LogP contribution in [-0.2, 0) is 47.7 Å². The largest absolute Gasteiger partial charge is 0.504 e. The highest BCUT2D eigenvalue weighted by Gasteiger charge is 2.39. The first-order chi connectivity index (χ1) is 33.4. The lowest BCUT2D eigenvalue weighted by Gasteiger charge is -2.37. The van der Waals surface area contributed by atoms with E-state index in [4.69, 9.17) is 28.4 Å². The fraction of sp³-hybridized carbons (Fsp3) is 0.615. The summed E-state index contributed by atoms with van der Waals surface area (Å²) in [4.78, 5) is 75.8. The molecule has 1 N–H and O–H groups in total. The first-order valence-electron chi connectivity index (χ1n) is 24.6. The number of phenols is 1. The summed E-state index contributed by atoms with van der Waals surface area (Å²) < 4.78 is 33.2. The van der Waals surface area contributed by atoms with Crippen LogP contribution >= 0.6 is 23.5 Å². The lowest BCUT2D eigenvalue weighted by molar-refractivity contribution is -0.151. The molecular formula is C52H64N2O13S2. The van der Waals surface area contributed by atoms with Gasteiger partial charge in [-0.25, -0.2) is 9.59 Å². The third-order valence-corrected chi connectivity index (χ3v) is 17.1. The van der Waals surface area contributed by atoms with Gasteiger partial charge >= 0.3 is 35.8 Å². The molecule has 1 aromatic rings. The molecule has 0 radical (unpaired) electrons. The standard InChI is InChI=1S/C52H64N2O13S2/c1-3-43(56)62-25-5-7-27-64-48(58)36-17-9-32(10-18-36)34-13-21-38(22-14-34)50(60)66-42-29-41(55)45(47-46(42)68-52(69-47)40(30-53)31-54)67-51(61)39-23-15-35(16-24-39)33-11-19-37(20-12-33)49(59)65-28-8-6-26-63-44(57)4-2/h3-4,29,32-39,55H,1-2,5-28H2. The highest BCUT2D eigenvalue weighted by molar-refractivity contribution is 8.24. The summed E-state index contributed by atoms with van der Waals surface area (Å²) in [6.07, 6.45) is 17.2. The van der Waals surface area contributed by atoms with Crippen molar-refractivity contribution in [1.29, 1.82) is 10.5 Å². The van der Waals surface area contributed by atoms with E-state index in [9.17, 15) is 44.4 Å². The molecule has 0 atom stereocenters. The topological polar surface area (TPSA) is 226 Å². The Hall–Kier alpha value is -5.26. The Morgan fingerprint density at radius 3 is 1.26 bits per heavy atom. The molecule has 0 aromatic heterocycles. The molecule has 0 bridgehead atoms. The van der Waals surface area contributed by atoms with Crippen molar-refractivity contribution in [1.82, 2.24) is 0 Å². The van der Waals surface area contributed by atoms with Gasteiger partial charge in [0.05, 0.1) is 64.1 Å². The van der Waals surface area contributed by atoms with Crippen LogP contribution in [-0.4, -0.2) is 67.3 Å². The Morgan fingerprint density at radius 2 is 0.884 bits per heavy atom. The minimum absolute atomic E-state index is 0.0748. The summed E-state index contributed by atoms with van der Waals surface area (Å²) in [5.74, 6) is -1.85. The number of nitriles is 2. The van der Waals surface area contributed by atoms with Crippen LogP contribution < -0.4 is 9.47 Å². The molecule has 0 saturated heterocycles. The number of rotatable bonds is 20. The van der Waals surface area contributed by atoms with Crippen LogP contribution in [0.1, 0.15) is 128 Å². The molecule has 4 aliphatic carbocycles. The van der Waals surface area contributed by atoms with E-state index in [1.54, 1.807) is 0 Å². The lowest BCUT2D eigenvalue weighted by atomic mass is 9.69. The van der Waals surface area contributed by atoms with E-state index >= 15 is 0 Å². The minimum Gasteiger partial charge on any atom is -0.504 e. The highest BCUT2D eigenvalue weighted by Crippen LogP contribution is 2.61. The van der Waals surface area contributed by atoms with Crippen LogP contribution in [0.5, 0.6) is 17.2 Å². The van der Waals surface area contributed by atoms with Gasteiger partial charge in [0, 0.05) is 18.2 Å². The van der Waals surface area contributed by atoms with Crippen molar-refractivity contribution < 1.29 is 62.3 Å². The number of carbonyl (C=O) groups excluding carboxylic acids is 6. The number of esters is 6. The van der Waals surface area contributed by atoms with Gasteiger partial charge in [-0.1, -0.05) is 36.7 Å². The molecule has 4 fully saturated rings. The molecule has 69 heavy (non-hydrogen) atoms. The van der Waals surface area contributed by atoms with Gasteiger partial charge in [-0.2, -0.15) is 10.5 Å². The van der Waals surface area contributed by atoms with Gasteiger partial charge in [0.15, 0.2) is 11.5 Å². The quantitative estimate of drug-likeness (QED) is 0.0320. The molecule has 0 spiro atoms. The van der Waals surface area contributed by atoms with Crippen LogP contribution in [0.4, 0.5) is 0 Å². The van der Waals surface area contributed by atoms with E-state index < -0.39 is 29.8 Å². The number of hydrogen-bond donors (Lipinski definition) is 1. The second kappa shape index (κ2) is 26.6. The summed E-state index contributed by atoms with van der Waals surface area (Å²) in [7, 11) is 0. The Kier molecular flexibility index (Phi) is 20.5. The number of allylic oxidation sites excluding steroid dienone is 1. The first kappa shape index (κ1) is 53.1. The van der Waals surface area contributed by atoms with Crippen LogP contribution in [0.25, 0.3) is 0 Å². The van der Waals surface area contributed by atoms with Gasteiger partial charge < -0.3 is 33.5 Å². The van der Waals surface area contributed by atoms with Crippen molar-refractivity contribution in [2.24, 2.45) is 47.3 Å². The van der Waals surface area contributed by atoms with Gasteiger partial charge in [0.25, 0.3) is 0 Å². The number of nitrogens with zero attached hydrogens (tertiary/aromatic N) is 2. The number of fused-ring (bicyclic) bond motifs is 1. The van der Waals surface area contributed by atoms with Crippen molar-refractivity contribution in [3.05, 3.63) is 41.2 Å². The number of hydrogen-bond acceptors (Lipinski definition) is 17. The van der Waals surface area contributed by atoms with E-state index in [0.717, 1.165) is 113 Å². The molecular weight excluding hydrogens is 925 g/mol. The maximum absolute atomic E-state index is 13.7. The SMILES string of the molecule is C=CC(=O)OCCCCOC(=O)C1CCC(C2CCC(C(=O)Oc3cc(O)c(OC(=O)C4CCC(C5CCC(C(=O)OCCCCOC(=O)C=C)CC5)CC4)c4c3SC(=C(C#N)C#N)S4)CC2)CC1. The fourth-order valence-corrected chi connectivity index (χ4v) is 13.0. The molecule has 5 aliphatic rings. The van der Waals surface area contributed by atoms with E-state index in [-0.39, 0.29) is 72.3 Å². The second-order valence-corrected chi connectivity index (χ2v) is 21.1. The summed E-state index contributed by atoms with van der Waals surface area (Å²) in [5, 5.41) is 30.7. The molecule has 4 saturated carbocycles. The van der Waals surface area contributed by atoms with Crippen LogP contribution in [0.2, 0.25) is 0 Å². The molecule has 17 heteroatoms.